The van der Waals surface area contributed by atoms with Crippen LogP contribution in [0.1, 0.15) is 126 Å². The van der Waals surface area contributed by atoms with Gasteiger partial charge in [-0.2, -0.15) is 0 Å². The Morgan fingerprint density at radius 2 is 1.73 bits per heavy atom. The van der Waals surface area contributed by atoms with Crippen molar-refractivity contribution in [2.24, 2.45) is 52.3 Å². The lowest BCUT2D eigenvalue weighted by Crippen LogP contribution is -2.51. The standard InChI is InChI=1S/C38H59NO2/c1-8-26(4)36(40)39-29-13-15-30(16-14-29)41-31-20-22-37(6)28(24-31)12-17-32-34-19-18-33(27(5)11-9-10-25(2)3)38(34,7)23-21-35(32)37/h12-16,25-27,31-35H,8-11,17-24H2,1-7H3,(H,39,40). The molecule has 3 nitrogen and oxygen atoms in total. The van der Waals surface area contributed by atoms with Crippen molar-refractivity contribution < 1.29 is 9.53 Å². The summed E-state index contributed by atoms with van der Waals surface area (Å²) in [6.07, 6.45) is 18.6. The van der Waals surface area contributed by atoms with Crippen LogP contribution >= 0.6 is 0 Å². The van der Waals surface area contributed by atoms with Gasteiger partial charge in [0, 0.05) is 18.0 Å². The molecule has 0 aliphatic heterocycles. The van der Waals surface area contributed by atoms with Crippen LogP contribution in [0.25, 0.3) is 0 Å². The van der Waals surface area contributed by atoms with Gasteiger partial charge >= 0.3 is 0 Å². The highest BCUT2D eigenvalue weighted by Crippen LogP contribution is 2.67. The minimum atomic E-state index is 0.0296. The second-order valence-electron chi connectivity index (χ2n) is 15.6. The van der Waals surface area contributed by atoms with Crippen LogP contribution in [0.2, 0.25) is 0 Å². The number of allylic oxidation sites excluding steroid dienone is 1. The Labute approximate surface area is 251 Å². The Morgan fingerprint density at radius 1 is 0.976 bits per heavy atom. The van der Waals surface area contributed by atoms with Gasteiger partial charge in [0.1, 0.15) is 11.9 Å². The molecule has 3 fully saturated rings. The molecule has 0 radical (unpaired) electrons. The predicted octanol–water partition coefficient (Wildman–Crippen LogP) is 10.5. The second kappa shape index (κ2) is 12.5. The summed E-state index contributed by atoms with van der Waals surface area (Å²) in [6, 6.07) is 8.00. The number of rotatable bonds is 10. The fraction of sp³-hybridized carbons (Fsp3) is 0.763. The normalized spacial score (nSPS) is 36.0. The van der Waals surface area contributed by atoms with Crippen LogP contribution in [0.15, 0.2) is 35.9 Å². The fourth-order valence-electron chi connectivity index (χ4n) is 10.0. The van der Waals surface area contributed by atoms with Crippen LogP contribution in [0.3, 0.4) is 0 Å². The molecule has 0 saturated heterocycles. The molecule has 1 amide bonds. The molecule has 0 aromatic heterocycles. The van der Waals surface area contributed by atoms with Crippen LogP contribution in [-0.4, -0.2) is 12.0 Å². The number of carbonyl (C=O) groups excluding carboxylic acids is 1. The minimum Gasteiger partial charge on any atom is -0.490 e. The first-order valence-corrected chi connectivity index (χ1v) is 17.3. The van der Waals surface area contributed by atoms with Gasteiger partial charge in [0.25, 0.3) is 0 Å². The third-order valence-electron chi connectivity index (χ3n) is 12.7. The topological polar surface area (TPSA) is 38.3 Å². The Hall–Kier alpha value is -1.77. The maximum atomic E-state index is 12.2. The summed E-state index contributed by atoms with van der Waals surface area (Å²) in [7, 11) is 0. The number of nitrogens with one attached hydrogen (secondary N) is 1. The zero-order valence-electron chi connectivity index (χ0n) is 27.3. The average Bonchev–Trinajstić information content (AvgIpc) is 3.31. The highest BCUT2D eigenvalue weighted by Gasteiger charge is 2.59. The number of benzene rings is 1. The van der Waals surface area contributed by atoms with Gasteiger partial charge in [-0.1, -0.05) is 79.4 Å². The lowest BCUT2D eigenvalue weighted by Gasteiger charge is -2.58. The Kier molecular flexibility index (Phi) is 9.32. The first-order chi connectivity index (χ1) is 19.5. The molecule has 3 saturated carbocycles. The molecule has 4 aliphatic rings. The quantitative estimate of drug-likeness (QED) is 0.289. The number of hydrogen-bond acceptors (Lipinski definition) is 2. The number of carbonyl (C=O) groups is 1. The molecule has 0 spiro atoms. The first-order valence-electron chi connectivity index (χ1n) is 17.3. The summed E-state index contributed by atoms with van der Waals surface area (Å²) >= 11 is 0. The Bertz CT molecular complexity index is 1070. The van der Waals surface area contributed by atoms with Crippen LogP contribution < -0.4 is 10.1 Å². The number of anilines is 1. The molecule has 228 valence electrons. The first kappa shape index (κ1) is 30.7. The van der Waals surface area contributed by atoms with E-state index in [9.17, 15) is 4.79 Å². The van der Waals surface area contributed by atoms with E-state index < -0.39 is 0 Å². The molecule has 1 N–H and O–H groups in total. The van der Waals surface area contributed by atoms with Crippen LogP contribution in [0.5, 0.6) is 5.75 Å². The van der Waals surface area contributed by atoms with E-state index in [0.29, 0.717) is 10.8 Å². The molecule has 9 atom stereocenters. The van der Waals surface area contributed by atoms with Crippen molar-refractivity contribution >= 4 is 11.6 Å². The highest BCUT2D eigenvalue weighted by atomic mass is 16.5. The van der Waals surface area contributed by atoms with E-state index in [-0.39, 0.29) is 17.9 Å². The molecule has 0 bridgehead atoms. The molecule has 41 heavy (non-hydrogen) atoms. The molecule has 1 aromatic carbocycles. The van der Waals surface area contributed by atoms with Gasteiger partial charge in [0.15, 0.2) is 0 Å². The van der Waals surface area contributed by atoms with Gasteiger partial charge in [-0.25, -0.2) is 0 Å². The maximum absolute atomic E-state index is 12.2. The summed E-state index contributed by atoms with van der Waals surface area (Å²) in [5.41, 5.74) is 3.45. The van der Waals surface area contributed by atoms with Gasteiger partial charge in [0.05, 0.1) is 0 Å². The van der Waals surface area contributed by atoms with Crippen molar-refractivity contribution in [3.05, 3.63) is 35.9 Å². The minimum absolute atomic E-state index is 0.0296. The molecule has 0 heterocycles. The third kappa shape index (κ3) is 6.16. The molecular formula is C38H59NO2. The van der Waals surface area contributed by atoms with Gasteiger partial charge < -0.3 is 10.1 Å². The third-order valence-corrected chi connectivity index (χ3v) is 12.7. The van der Waals surface area contributed by atoms with E-state index in [0.717, 1.165) is 66.2 Å². The molecule has 9 unspecified atom stereocenters. The number of fused-ring (bicyclic) bond motifs is 5. The number of ether oxygens (including phenoxy) is 1. The summed E-state index contributed by atoms with van der Waals surface area (Å²) in [4.78, 5) is 12.2. The summed E-state index contributed by atoms with van der Waals surface area (Å²) in [6.45, 7) is 16.7. The summed E-state index contributed by atoms with van der Waals surface area (Å²) in [5, 5.41) is 3.03. The van der Waals surface area contributed by atoms with Crippen molar-refractivity contribution in [2.45, 2.75) is 132 Å². The van der Waals surface area contributed by atoms with Crippen molar-refractivity contribution in [2.75, 3.05) is 5.32 Å². The lowest BCUT2D eigenvalue weighted by atomic mass is 9.47. The number of amides is 1. The zero-order valence-corrected chi connectivity index (χ0v) is 27.3. The second-order valence-corrected chi connectivity index (χ2v) is 15.6. The van der Waals surface area contributed by atoms with Crippen LogP contribution in [0, 0.1) is 52.3 Å². The Morgan fingerprint density at radius 3 is 2.44 bits per heavy atom. The van der Waals surface area contributed by atoms with Crippen LogP contribution in [-0.2, 0) is 4.79 Å². The lowest BCUT2D eigenvalue weighted by molar-refractivity contribution is -0.119. The van der Waals surface area contributed by atoms with Gasteiger partial charge in [-0.05, 0) is 122 Å². The van der Waals surface area contributed by atoms with Crippen LogP contribution in [0.4, 0.5) is 5.69 Å². The predicted molar refractivity (Wildman–Crippen MR) is 172 cm³/mol. The van der Waals surface area contributed by atoms with Gasteiger partial charge in [-0.3, -0.25) is 4.79 Å². The van der Waals surface area contributed by atoms with E-state index in [1.54, 1.807) is 5.57 Å². The van der Waals surface area contributed by atoms with Crippen molar-refractivity contribution in [3.63, 3.8) is 0 Å². The van der Waals surface area contributed by atoms with Gasteiger partial charge in [0.2, 0.25) is 5.91 Å². The van der Waals surface area contributed by atoms with Crippen molar-refractivity contribution in [1.29, 1.82) is 0 Å². The summed E-state index contributed by atoms with van der Waals surface area (Å²) < 4.78 is 6.53. The molecule has 1 aromatic rings. The van der Waals surface area contributed by atoms with E-state index in [4.69, 9.17) is 4.74 Å². The SMILES string of the molecule is CCC(C)C(=O)Nc1ccc(OC2CCC3(C)C(=CCC4C3CCC3(C)C(C(C)CCCC(C)C)CCC43)C2)cc1. The van der Waals surface area contributed by atoms with Gasteiger partial charge in [-0.15, -0.1) is 0 Å². The van der Waals surface area contributed by atoms with E-state index in [2.05, 4.69) is 46.0 Å². The summed E-state index contributed by atoms with van der Waals surface area (Å²) in [5.74, 6) is 6.33. The van der Waals surface area contributed by atoms with Crippen molar-refractivity contribution in [1.82, 2.24) is 0 Å². The largest absolute Gasteiger partial charge is 0.490 e. The highest BCUT2D eigenvalue weighted by molar-refractivity contribution is 5.92. The Balaban J connectivity index is 1.20. The molecular weight excluding hydrogens is 502 g/mol. The molecule has 3 heteroatoms. The zero-order chi connectivity index (χ0) is 29.4. The smallest absolute Gasteiger partial charge is 0.227 e. The monoisotopic (exact) mass is 561 g/mol. The average molecular weight is 562 g/mol. The maximum Gasteiger partial charge on any atom is 0.227 e. The van der Waals surface area contributed by atoms with E-state index in [1.807, 2.05) is 38.1 Å². The molecule has 5 rings (SSSR count). The van der Waals surface area contributed by atoms with E-state index in [1.165, 1.54) is 57.8 Å². The number of hydrogen-bond donors (Lipinski definition) is 1. The van der Waals surface area contributed by atoms with Crippen molar-refractivity contribution in [3.8, 4) is 5.75 Å². The molecule has 4 aliphatic carbocycles. The van der Waals surface area contributed by atoms with E-state index >= 15 is 0 Å². The fourth-order valence-corrected chi connectivity index (χ4v) is 10.0.